The lowest BCUT2D eigenvalue weighted by molar-refractivity contribution is -0.193. The number of para-hydroxylation sites is 1. The van der Waals surface area contributed by atoms with Gasteiger partial charge in [-0.15, -0.1) is 0 Å². The van der Waals surface area contributed by atoms with E-state index in [1.807, 2.05) is 10.6 Å². The molecule has 1 atom stereocenters. The molecule has 0 amide bonds. The second kappa shape index (κ2) is 6.69. The van der Waals surface area contributed by atoms with E-state index >= 15 is 0 Å². The fourth-order valence-electron chi connectivity index (χ4n) is 1.84. The molecular weight excluding hydrogens is 332 g/mol. The first-order chi connectivity index (χ1) is 11.3. The van der Waals surface area contributed by atoms with Gasteiger partial charge in [-0.3, -0.25) is 0 Å². The Morgan fingerprint density at radius 2 is 1.71 bits per heavy atom. The number of esters is 1. The van der Waals surface area contributed by atoms with Crippen molar-refractivity contribution in [2.45, 2.75) is 11.8 Å². The molecule has 0 radical (unpaired) electrons. The Morgan fingerprint density at radius 1 is 1.08 bits per heavy atom. The molecule has 0 aliphatic rings. The van der Waals surface area contributed by atoms with Gasteiger partial charge in [0.1, 0.15) is 5.82 Å². The Bertz CT molecular complexity index is 711. The van der Waals surface area contributed by atoms with Crippen LogP contribution in [0.5, 0.6) is 0 Å². The predicted molar refractivity (Wildman–Crippen MR) is 76.5 cm³/mol. The maximum Gasteiger partial charge on any atom is 0.441 e. The van der Waals surface area contributed by atoms with Gasteiger partial charge in [0.2, 0.25) is 5.95 Å². The molecule has 6 nitrogen and oxygen atoms in total. The van der Waals surface area contributed by atoms with Crippen LogP contribution in [-0.2, 0) is 9.53 Å². The molecule has 0 unspecified atom stereocenters. The van der Waals surface area contributed by atoms with Crippen molar-refractivity contribution < 1.29 is 27.1 Å². The van der Waals surface area contributed by atoms with Crippen molar-refractivity contribution in [3.05, 3.63) is 48.5 Å². The number of alkyl halides is 3. The number of ether oxygens (including phenoxy) is 1. The molecule has 10 heteroatoms. The van der Waals surface area contributed by atoms with E-state index in [-0.39, 0.29) is 0 Å². The van der Waals surface area contributed by atoms with Crippen molar-refractivity contribution in [1.29, 1.82) is 0 Å². The lowest BCUT2D eigenvalue weighted by atomic mass is 10.1. The van der Waals surface area contributed by atoms with Crippen LogP contribution in [0, 0.1) is 5.82 Å². The molecule has 2 aromatic rings. The summed E-state index contributed by atoms with van der Waals surface area (Å²) < 4.78 is 59.2. The topological polar surface area (TPSA) is 76.1 Å². The van der Waals surface area contributed by atoms with Crippen molar-refractivity contribution in [3.8, 4) is 0 Å². The van der Waals surface area contributed by atoms with Crippen molar-refractivity contribution in [1.82, 2.24) is 9.97 Å². The van der Waals surface area contributed by atoms with Gasteiger partial charge in [0.25, 0.3) is 0 Å². The number of benzene rings is 1. The first kappa shape index (κ1) is 17.4. The minimum Gasteiger partial charge on any atom is -0.466 e. The zero-order valence-corrected chi connectivity index (χ0v) is 12.3. The fourth-order valence-corrected chi connectivity index (χ4v) is 1.84. The van der Waals surface area contributed by atoms with Crippen molar-refractivity contribution in [3.63, 3.8) is 0 Å². The summed E-state index contributed by atoms with van der Waals surface area (Å²) in [6.45, 7) is 0. The molecule has 0 saturated heterocycles. The van der Waals surface area contributed by atoms with Crippen LogP contribution in [0.3, 0.4) is 0 Å². The predicted octanol–water partition coefficient (Wildman–Crippen LogP) is 2.57. The first-order valence-corrected chi connectivity index (χ1v) is 6.53. The van der Waals surface area contributed by atoms with Crippen LogP contribution in [0.1, 0.15) is 0 Å². The normalized spacial score (nSPS) is 13.7. The van der Waals surface area contributed by atoms with Crippen LogP contribution in [0.4, 0.5) is 29.2 Å². The van der Waals surface area contributed by atoms with Gasteiger partial charge < -0.3 is 15.4 Å². The largest absolute Gasteiger partial charge is 0.466 e. The maximum absolute atomic E-state index is 13.8. The molecule has 0 bridgehead atoms. The van der Waals surface area contributed by atoms with E-state index in [4.69, 9.17) is 0 Å². The number of nitrogens with one attached hydrogen (secondary N) is 2. The van der Waals surface area contributed by atoms with Crippen LogP contribution < -0.4 is 10.6 Å². The maximum atomic E-state index is 13.8. The van der Waals surface area contributed by atoms with E-state index in [9.17, 15) is 22.4 Å². The number of methoxy groups -OCH3 is 1. The van der Waals surface area contributed by atoms with E-state index in [0.717, 1.165) is 19.2 Å². The summed E-state index contributed by atoms with van der Waals surface area (Å²) >= 11 is 0. The average Bonchev–Trinajstić information content (AvgIpc) is 2.55. The van der Waals surface area contributed by atoms with Gasteiger partial charge in [-0.25, -0.2) is 19.2 Å². The quantitative estimate of drug-likeness (QED) is 0.493. The van der Waals surface area contributed by atoms with Crippen LogP contribution in [-0.4, -0.2) is 34.9 Å². The Labute approximate surface area is 133 Å². The summed E-state index contributed by atoms with van der Waals surface area (Å²) in [5.74, 6) is -3.21. The Morgan fingerprint density at radius 3 is 2.25 bits per heavy atom. The summed E-state index contributed by atoms with van der Waals surface area (Å²) in [6.07, 6.45) is -2.85. The van der Waals surface area contributed by atoms with E-state index < -0.39 is 35.3 Å². The standard InChI is InChI=1S/C14H12F4N4O2/c1-24-11(23)13(14(16,17)18,22-12-19-7-4-8-20-12)21-10-6-3-2-5-9(10)15/h2-8,21H,1H3,(H,19,20,22)/t13-/m0/s1. The molecule has 0 spiro atoms. The summed E-state index contributed by atoms with van der Waals surface area (Å²) in [4.78, 5) is 19.1. The Balaban J connectivity index is 2.54. The number of halogens is 4. The monoisotopic (exact) mass is 344 g/mol. The number of anilines is 2. The zero-order chi connectivity index (χ0) is 17.8. The second-order valence-electron chi connectivity index (χ2n) is 4.54. The molecule has 24 heavy (non-hydrogen) atoms. The smallest absolute Gasteiger partial charge is 0.441 e. The van der Waals surface area contributed by atoms with E-state index in [1.54, 1.807) is 0 Å². The van der Waals surface area contributed by atoms with Gasteiger partial charge in [-0.2, -0.15) is 13.2 Å². The molecule has 128 valence electrons. The minimum absolute atomic E-state index is 0.496. The van der Waals surface area contributed by atoms with Gasteiger partial charge in [0, 0.05) is 12.4 Å². The fraction of sp³-hybridized carbons (Fsp3) is 0.214. The van der Waals surface area contributed by atoms with Crippen molar-refractivity contribution in [2.75, 3.05) is 17.7 Å². The molecule has 1 heterocycles. The van der Waals surface area contributed by atoms with Gasteiger partial charge in [-0.1, -0.05) is 12.1 Å². The van der Waals surface area contributed by atoms with Crippen LogP contribution in [0.2, 0.25) is 0 Å². The zero-order valence-electron chi connectivity index (χ0n) is 12.3. The number of aromatic nitrogens is 2. The van der Waals surface area contributed by atoms with Gasteiger partial charge >= 0.3 is 17.8 Å². The summed E-state index contributed by atoms with van der Waals surface area (Å²) in [6, 6.07) is 5.97. The van der Waals surface area contributed by atoms with E-state index in [1.165, 1.54) is 30.6 Å². The number of rotatable bonds is 5. The lowest BCUT2D eigenvalue weighted by Crippen LogP contribution is -2.64. The van der Waals surface area contributed by atoms with Gasteiger partial charge in [0.05, 0.1) is 12.8 Å². The highest BCUT2D eigenvalue weighted by Crippen LogP contribution is 2.35. The average molecular weight is 344 g/mol. The number of carbonyl (C=O) groups excluding carboxylic acids is 1. The van der Waals surface area contributed by atoms with Crippen LogP contribution >= 0.6 is 0 Å². The second-order valence-corrected chi connectivity index (χ2v) is 4.54. The summed E-state index contributed by atoms with van der Waals surface area (Å²) in [7, 11) is 0.777. The lowest BCUT2D eigenvalue weighted by Gasteiger charge is -2.35. The third-order valence-electron chi connectivity index (χ3n) is 2.98. The van der Waals surface area contributed by atoms with Crippen molar-refractivity contribution in [2.24, 2.45) is 0 Å². The SMILES string of the molecule is COC(=O)[C@@](Nc1ncccn1)(Nc1ccccc1F)C(F)(F)F. The van der Waals surface area contributed by atoms with Gasteiger partial charge in [0.15, 0.2) is 0 Å². The highest BCUT2D eigenvalue weighted by atomic mass is 19.4. The number of carbonyl (C=O) groups is 1. The Hall–Kier alpha value is -2.91. The number of nitrogens with zero attached hydrogens (tertiary/aromatic N) is 2. The molecule has 0 aliphatic carbocycles. The van der Waals surface area contributed by atoms with Crippen LogP contribution in [0.25, 0.3) is 0 Å². The highest BCUT2D eigenvalue weighted by Gasteiger charge is 2.63. The Kier molecular flexibility index (Phi) is 4.86. The minimum atomic E-state index is -5.21. The third-order valence-corrected chi connectivity index (χ3v) is 2.98. The van der Waals surface area contributed by atoms with Crippen LogP contribution in [0.15, 0.2) is 42.7 Å². The summed E-state index contributed by atoms with van der Waals surface area (Å²) in [5.41, 5.74) is -4.03. The highest BCUT2D eigenvalue weighted by molar-refractivity contribution is 5.88. The molecule has 1 aromatic carbocycles. The van der Waals surface area contributed by atoms with E-state index in [0.29, 0.717) is 0 Å². The molecule has 2 N–H and O–H groups in total. The van der Waals surface area contributed by atoms with Crippen molar-refractivity contribution >= 4 is 17.6 Å². The van der Waals surface area contributed by atoms with E-state index in [2.05, 4.69) is 14.7 Å². The number of hydrogen-bond acceptors (Lipinski definition) is 6. The third kappa shape index (κ3) is 3.36. The molecule has 2 rings (SSSR count). The molecular formula is C14H12F4N4O2. The molecule has 0 saturated carbocycles. The molecule has 0 fully saturated rings. The first-order valence-electron chi connectivity index (χ1n) is 6.53. The number of hydrogen-bond donors (Lipinski definition) is 2. The molecule has 1 aromatic heterocycles. The summed E-state index contributed by atoms with van der Waals surface area (Å²) in [5, 5.41) is 3.69. The van der Waals surface area contributed by atoms with Gasteiger partial charge in [-0.05, 0) is 18.2 Å². The molecule has 0 aliphatic heterocycles.